The molecule has 1 aromatic carbocycles. The van der Waals surface area contributed by atoms with Gasteiger partial charge in [0.2, 0.25) is 21.7 Å². The molecule has 0 radical (unpaired) electrons. The average molecular weight is 376 g/mol. The maximum Gasteiger partial charge on any atom is 0.287 e. The number of benzene rings is 1. The smallest absolute Gasteiger partial charge is 0.287 e. The van der Waals surface area contributed by atoms with Crippen molar-refractivity contribution in [2.24, 2.45) is 0 Å². The predicted molar refractivity (Wildman–Crippen MR) is 92.8 cm³/mol. The van der Waals surface area contributed by atoms with Crippen LogP contribution < -0.4 is 10.0 Å². The van der Waals surface area contributed by atoms with E-state index in [1.165, 1.54) is 6.26 Å². The standard InChI is InChI=1S/C16H16N4O5S/c1-10(17-15(21)13-4-3-9-24-13)16-18-14(19-25-16)11-5-7-12(8-6-11)20-26(2,22)23/h3-10,20H,1-2H3,(H,17,21)/t10-/m1/s1. The third-order valence-electron chi connectivity index (χ3n) is 3.35. The number of carbonyl (C=O) groups is 1. The summed E-state index contributed by atoms with van der Waals surface area (Å²) in [4.78, 5) is 16.2. The first-order valence-electron chi connectivity index (χ1n) is 7.58. The highest BCUT2D eigenvalue weighted by Gasteiger charge is 2.19. The summed E-state index contributed by atoms with van der Waals surface area (Å²) in [5.41, 5.74) is 1.07. The molecule has 9 nitrogen and oxygen atoms in total. The van der Waals surface area contributed by atoms with Crippen molar-refractivity contribution in [3.8, 4) is 11.4 Å². The van der Waals surface area contributed by atoms with Crippen LogP contribution in [0.15, 0.2) is 51.6 Å². The minimum atomic E-state index is -3.34. The first-order valence-corrected chi connectivity index (χ1v) is 9.47. The fourth-order valence-electron chi connectivity index (χ4n) is 2.17. The SMILES string of the molecule is C[C@@H](NC(=O)c1ccco1)c1nc(-c2ccc(NS(C)(=O)=O)cc2)no1. The normalized spacial score (nSPS) is 12.5. The molecule has 0 fully saturated rings. The predicted octanol–water partition coefficient (Wildman–Crippen LogP) is 2.19. The third-order valence-corrected chi connectivity index (χ3v) is 3.96. The number of aromatic nitrogens is 2. The topological polar surface area (TPSA) is 127 Å². The molecule has 1 amide bonds. The van der Waals surface area contributed by atoms with E-state index >= 15 is 0 Å². The van der Waals surface area contributed by atoms with Crippen molar-refractivity contribution in [2.75, 3.05) is 11.0 Å². The van der Waals surface area contributed by atoms with Gasteiger partial charge in [0, 0.05) is 11.3 Å². The summed E-state index contributed by atoms with van der Waals surface area (Å²) < 4.78 is 35.0. The quantitative estimate of drug-likeness (QED) is 0.675. The first-order chi connectivity index (χ1) is 12.3. The van der Waals surface area contributed by atoms with Crippen LogP contribution in [0.4, 0.5) is 5.69 Å². The molecule has 136 valence electrons. The van der Waals surface area contributed by atoms with E-state index in [0.29, 0.717) is 17.1 Å². The Bertz CT molecular complexity index is 994. The molecule has 0 unspecified atom stereocenters. The van der Waals surface area contributed by atoms with Gasteiger partial charge in [0.25, 0.3) is 5.91 Å². The summed E-state index contributed by atoms with van der Waals surface area (Å²) in [5.74, 6) is 0.354. The van der Waals surface area contributed by atoms with Crippen LogP contribution in [0.1, 0.15) is 29.4 Å². The lowest BCUT2D eigenvalue weighted by Gasteiger charge is -2.07. The maximum atomic E-state index is 12.0. The summed E-state index contributed by atoms with van der Waals surface area (Å²) in [6, 6.07) is 9.16. The van der Waals surface area contributed by atoms with Crippen LogP contribution in [0.25, 0.3) is 11.4 Å². The number of nitrogens with one attached hydrogen (secondary N) is 2. The van der Waals surface area contributed by atoms with Crippen LogP contribution in [0.3, 0.4) is 0 Å². The van der Waals surface area contributed by atoms with Crippen molar-refractivity contribution in [1.82, 2.24) is 15.5 Å². The minimum Gasteiger partial charge on any atom is -0.459 e. The van der Waals surface area contributed by atoms with Crippen molar-refractivity contribution in [2.45, 2.75) is 13.0 Å². The second-order valence-corrected chi connectivity index (χ2v) is 7.33. The number of amides is 1. The lowest BCUT2D eigenvalue weighted by Crippen LogP contribution is -2.26. The van der Waals surface area contributed by atoms with Gasteiger partial charge in [-0.05, 0) is 43.3 Å². The van der Waals surface area contributed by atoms with Gasteiger partial charge in [0.15, 0.2) is 5.76 Å². The molecule has 10 heteroatoms. The number of sulfonamides is 1. The highest BCUT2D eigenvalue weighted by Crippen LogP contribution is 2.21. The Morgan fingerprint density at radius 2 is 1.92 bits per heavy atom. The monoisotopic (exact) mass is 376 g/mol. The molecule has 0 saturated heterocycles. The van der Waals surface area contributed by atoms with Gasteiger partial charge in [-0.1, -0.05) is 5.16 Å². The van der Waals surface area contributed by atoms with Gasteiger partial charge in [0.1, 0.15) is 6.04 Å². The van der Waals surface area contributed by atoms with Gasteiger partial charge in [0.05, 0.1) is 12.5 Å². The van der Waals surface area contributed by atoms with Gasteiger partial charge in [-0.3, -0.25) is 9.52 Å². The molecule has 2 heterocycles. The van der Waals surface area contributed by atoms with E-state index in [0.717, 1.165) is 6.26 Å². The molecular weight excluding hydrogens is 360 g/mol. The molecule has 2 aromatic heterocycles. The van der Waals surface area contributed by atoms with Gasteiger partial charge >= 0.3 is 0 Å². The Kier molecular flexibility index (Phi) is 4.76. The van der Waals surface area contributed by atoms with Gasteiger partial charge in [-0.25, -0.2) is 8.42 Å². The first kappa shape index (κ1) is 17.7. The highest BCUT2D eigenvalue weighted by atomic mass is 32.2. The number of carbonyl (C=O) groups excluding carboxylic acids is 1. The summed E-state index contributed by atoms with van der Waals surface area (Å²) in [6.07, 6.45) is 2.48. The van der Waals surface area contributed by atoms with Gasteiger partial charge in [-0.15, -0.1) is 0 Å². The van der Waals surface area contributed by atoms with Crippen molar-refractivity contribution in [1.29, 1.82) is 0 Å². The zero-order chi connectivity index (χ0) is 18.7. The Morgan fingerprint density at radius 3 is 2.54 bits per heavy atom. The summed E-state index contributed by atoms with van der Waals surface area (Å²) in [7, 11) is -3.34. The second kappa shape index (κ2) is 7.00. The zero-order valence-electron chi connectivity index (χ0n) is 14.0. The van der Waals surface area contributed by atoms with Crippen molar-refractivity contribution in [3.63, 3.8) is 0 Å². The fourth-order valence-corrected chi connectivity index (χ4v) is 2.73. The Balaban J connectivity index is 1.70. The van der Waals surface area contributed by atoms with E-state index in [9.17, 15) is 13.2 Å². The van der Waals surface area contributed by atoms with E-state index in [1.807, 2.05) is 0 Å². The molecule has 0 aliphatic carbocycles. The van der Waals surface area contributed by atoms with Crippen molar-refractivity contribution in [3.05, 3.63) is 54.3 Å². The number of furan rings is 1. The fraction of sp³-hybridized carbons (Fsp3) is 0.188. The summed E-state index contributed by atoms with van der Waals surface area (Å²) in [6.45, 7) is 1.71. The second-order valence-electron chi connectivity index (χ2n) is 5.58. The minimum absolute atomic E-state index is 0.186. The number of rotatable bonds is 6. The Morgan fingerprint density at radius 1 is 1.19 bits per heavy atom. The molecule has 3 aromatic rings. The van der Waals surface area contributed by atoms with E-state index in [-0.39, 0.29) is 11.7 Å². The molecule has 0 bridgehead atoms. The van der Waals surface area contributed by atoms with Crippen LogP contribution >= 0.6 is 0 Å². The van der Waals surface area contributed by atoms with Crippen molar-refractivity contribution >= 4 is 21.6 Å². The number of nitrogens with zero attached hydrogens (tertiary/aromatic N) is 2. The third kappa shape index (κ3) is 4.28. The van der Waals surface area contributed by atoms with Gasteiger partial charge < -0.3 is 14.3 Å². The van der Waals surface area contributed by atoms with E-state index < -0.39 is 22.0 Å². The summed E-state index contributed by atoms with van der Waals surface area (Å²) >= 11 is 0. The highest BCUT2D eigenvalue weighted by molar-refractivity contribution is 7.92. The zero-order valence-corrected chi connectivity index (χ0v) is 14.8. The molecule has 1 atom stereocenters. The Hall–Kier alpha value is -3.14. The molecule has 26 heavy (non-hydrogen) atoms. The molecule has 2 N–H and O–H groups in total. The van der Waals surface area contributed by atoms with Crippen LogP contribution in [-0.2, 0) is 10.0 Å². The molecule has 3 rings (SSSR count). The van der Waals surface area contributed by atoms with E-state index in [4.69, 9.17) is 8.94 Å². The van der Waals surface area contributed by atoms with Crippen LogP contribution in [0.5, 0.6) is 0 Å². The van der Waals surface area contributed by atoms with Crippen LogP contribution in [-0.4, -0.2) is 30.7 Å². The van der Waals surface area contributed by atoms with Crippen LogP contribution in [0.2, 0.25) is 0 Å². The van der Waals surface area contributed by atoms with Gasteiger partial charge in [-0.2, -0.15) is 4.98 Å². The van der Waals surface area contributed by atoms with E-state index in [2.05, 4.69) is 20.2 Å². The molecule has 0 saturated carbocycles. The lowest BCUT2D eigenvalue weighted by atomic mass is 10.2. The van der Waals surface area contributed by atoms with Crippen molar-refractivity contribution < 1.29 is 22.2 Å². The molecular formula is C16H16N4O5S. The van der Waals surface area contributed by atoms with E-state index in [1.54, 1.807) is 43.3 Å². The summed E-state index contributed by atoms with van der Waals surface area (Å²) in [5, 5.41) is 6.57. The van der Waals surface area contributed by atoms with Crippen LogP contribution in [0, 0.1) is 0 Å². The molecule has 0 aliphatic heterocycles. The number of anilines is 1. The number of hydrogen-bond acceptors (Lipinski definition) is 7. The maximum absolute atomic E-state index is 12.0. The average Bonchev–Trinajstić information content (AvgIpc) is 3.26. The molecule has 0 spiro atoms. The Labute approximate surface area is 149 Å². The molecule has 0 aliphatic rings. The largest absolute Gasteiger partial charge is 0.459 e. The number of hydrogen-bond donors (Lipinski definition) is 2. The lowest BCUT2D eigenvalue weighted by molar-refractivity contribution is 0.0904.